The van der Waals surface area contributed by atoms with E-state index in [1.807, 2.05) is 0 Å². The lowest BCUT2D eigenvalue weighted by Gasteiger charge is -2.18. The number of esters is 1. The lowest BCUT2D eigenvalue weighted by molar-refractivity contribution is -0.134. The van der Waals surface area contributed by atoms with Crippen molar-refractivity contribution in [3.05, 3.63) is 12.7 Å². The fourth-order valence-corrected chi connectivity index (χ4v) is 2.41. The number of hydrogen-bond acceptors (Lipinski definition) is 2. The molecule has 0 heterocycles. The molecule has 106 valence electrons. The lowest BCUT2D eigenvalue weighted by Crippen LogP contribution is -2.03. The molecule has 0 radical (unpaired) electrons. The van der Waals surface area contributed by atoms with E-state index in [0.29, 0.717) is 0 Å². The van der Waals surface area contributed by atoms with Crippen molar-refractivity contribution in [2.45, 2.75) is 71.1 Å². The van der Waals surface area contributed by atoms with Gasteiger partial charge in [-0.05, 0) is 5.92 Å². The topological polar surface area (TPSA) is 26.3 Å². The van der Waals surface area contributed by atoms with E-state index in [2.05, 4.69) is 18.2 Å². The van der Waals surface area contributed by atoms with E-state index in [9.17, 15) is 4.79 Å². The van der Waals surface area contributed by atoms with Gasteiger partial charge >= 0.3 is 5.97 Å². The third-order valence-corrected chi connectivity index (χ3v) is 3.56. The Balaban J connectivity index is 0.000000411. The second-order valence-electron chi connectivity index (χ2n) is 5.08. The maximum Gasteiger partial charge on any atom is 0.329 e. The first-order chi connectivity index (χ1) is 8.74. The number of carbonyl (C=O) groups is 1. The third-order valence-electron chi connectivity index (χ3n) is 3.56. The summed E-state index contributed by atoms with van der Waals surface area (Å²) in [4.78, 5) is 9.84. The van der Waals surface area contributed by atoms with Crippen molar-refractivity contribution >= 4 is 5.97 Å². The highest BCUT2D eigenvalue weighted by Gasteiger charge is 2.09. The molecule has 2 nitrogen and oxygen atoms in total. The standard InChI is InChI=1S/C12H24.C4H6O2/c1-2-3-9-12-10-7-5-4-6-8-11-12;1-3-4(5)6-2/h12H,2-11H2,1H3;3H,1H2,2H3. The normalized spacial score (nSPS) is 16.8. The van der Waals surface area contributed by atoms with Crippen LogP contribution in [0.5, 0.6) is 0 Å². The Kier molecular flexibility index (Phi) is 12.1. The van der Waals surface area contributed by atoms with Crippen LogP contribution in [-0.2, 0) is 9.53 Å². The first-order valence-corrected chi connectivity index (χ1v) is 7.45. The van der Waals surface area contributed by atoms with Gasteiger partial charge in [0.05, 0.1) is 7.11 Å². The van der Waals surface area contributed by atoms with Crippen molar-refractivity contribution in [2.75, 3.05) is 7.11 Å². The maximum absolute atomic E-state index is 9.84. The van der Waals surface area contributed by atoms with Crippen molar-refractivity contribution in [1.82, 2.24) is 0 Å². The van der Waals surface area contributed by atoms with Crippen molar-refractivity contribution in [3.8, 4) is 0 Å². The van der Waals surface area contributed by atoms with Crippen LogP contribution in [0.1, 0.15) is 71.1 Å². The summed E-state index contributed by atoms with van der Waals surface area (Å²) in [6, 6.07) is 0. The van der Waals surface area contributed by atoms with E-state index >= 15 is 0 Å². The van der Waals surface area contributed by atoms with Crippen LogP contribution >= 0.6 is 0 Å². The number of carbonyl (C=O) groups excluding carboxylic acids is 1. The minimum absolute atomic E-state index is 0.394. The largest absolute Gasteiger partial charge is 0.466 e. The molecular weight excluding hydrogens is 224 g/mol. The van der Waals surface area contributed by atoms with Gasteiger partial charge in [-0.2, -0.15) is 0 Å². The fraction of sp³-hybridized carbons (Fsp3) is 0.812. The summed E-state index contributed by atoms with van der Waals surface area (Å²) >= 11 is 0. The monoisotopic (exact) mass is 254 g/mol. The van der Waals surface area contributed by atoms with E-state index in [4.69, 9.17) is 0 Å². The Hall–Kier alpha value is -0.790. The highest BCUT2D eigenvalue weighted by atomic mass is 16.5. The summed E-state index contributed by atoms with van der Waals surface area (Å²) in [6.45, 7) is 5.47. The third kappa shape index (κ3) is 10.4. The van der Waals surface area contributed by atoms with E-state index in [0.717, 1.165) is 12.0 Å². The molecule has 0 spiro atoms. The van der Waals surface area contributed by atoms with Gasteiger partial charge in [0.15, 0.2) is 0 Å². The molecular formula is C16H30O2. The molecule has 0 aliphatic heterocycles. The molecule has 0 N–H and O–H groups in total. The summed E-state index contributed by atoms with van der Waals surface area (Å²) in [5.41, 5.74) is 0. The van der Waals surface area contributed by atoms with Crippen molar-refractivity contribution in [1.29, 1.82) is 0 Å². The molecule has 1 fully saturated rings. The van der Waals surface area contributed by atoms with Crippen LogP contribution in [-0.4, -0.2) is 13.1 Å². The van der Waals surface area contributed by atoms with E-state index in [-0.39, 0.29) is 0 Å². The molecule has 0 aromatic rings. The SMILES string of the molecule is C=CC(=O)OC.CCCCC1CCCCCCC1. The highest BCUT2D eigenvalue weighted by Crippen LogP contribution is 2.25. The molecule has 0 unspecified atom stereocenters. The summed E-state index contributed by atoms with van der Waals surface area (Å²) in [5, 5.41) is 0. The Bertz CT molecular complexity index is 200. The molecule has 1 aliphatic rings. The second-order valence-corrected chi connectivity index (χ2v) is 5.08. The molecule has 1 rings (SSSR count). The Morgan fingerprint density at radius 2 is 1.78 bits per heavy atom. The quantitative estimate of drug-likeness (QED) is 0.528. The van der Waals surface area contributed by atoms with Gasteiger partial charge < -0.3 is 4.74 Å². The zero-order valence-corrected chi connectivity index (χ0v) is 12.2. The number of hydrogen-bond donors (Lipinski definition) is 0. The maximum atomic E-state index is 9.84. The summed E-state index contributed by atoms with van der Waals surface area (Å²) in [7, 11) is 1.31. The zero-order chi connectivity index (χ0) is 13.6. The molecule has 0 aromatic carbocycles. The number of methoxy groups -OCH3 is 1. The van der Waals surface area contributed by atoms with Crippen LogP contribution < -0.4 is 0 Å². The Morgan fingerprint density at radius 1 is 1.22 bits per heavy atom. The smallest absolute Gasteiger partial charge is 0.329 e. The number of rotatable bonds is 4. The molecule has 1 saturated carbocycles. The first-order valence-electron chi connectivity index (χ1n) is 7.45. The van der Waals surface area contributed by atoms with Crippen LogP contribution in [0.3, 0.4) is 0 Å². The molecule has 0 saturated heterocycles. The minimum atomic E-state index is -0.394. The molecule has 1 aliphatic carbocycles. The van der Waals surface area contributed by atoms with Crippen LogP contribution in [0, 0.1) is 5.92 Å². The van der Waals surface area contributed by atoms with Crippen LogP contribution in [0.4, 0.5) is 0 Å². The second kappa shape index (κ2) is 12.7. The van der Waals surface area contributed by atoms with Crippen molar-refractivity contribution in [2.24, 2.45) is 5.92 Å². The van der Waals surface area contributed by atoms with Gasteiger partial charge in [-0.15, -0.1) is 0 Å². The minimum Gasteiger partial charge on any atom is -0.466 e. The van der Waals surface area contributed by atoms with E-state index < -0.39 is 5.97 Å². The summed E-state index contributed by atoms with van der Waals surface area (Å²) in [5.74, 6) is 0.695. The predicted molar refractivity (Wildman–Crippen MR) is 77.5 cm³/mol. The van der Waals surface area contributed by atoms with Gasteiger partial charge in [-0.1, -0.05) is 77.7 Å². The highest BCUT2D eigenvalue weighted by molar-refractivity contribution is 5.80. The fourth-order valence-electron chi connectivity index (χ4n) is 2.41. The van der Waals surface area contributed by atoms with Crippen molar-refractivity contribution in [3.63, 3.8) is 0 Å². The number of ether oxygens (including phenoxy) is 1. The molecule has 0 bridgehead atoms. The van der Waals surface area contributed by atoms with Crippen molar-refractivity contribution < 1.29 is 9.53 Å². The van der Waals surface area contributed by atoms with Gasteiger partial charge in [-0.3, -0.25) is 0 Å². The van der Waals surface area contributed by atoms with Crippen LogP contribution in [0.2, 0.25) is 0 Å². The molecule has 0 aromatic heterocycles. The van der Waals surface area contributed by atoms with E-state index in [1.165, 1.54) is 71.3 Å². The summed E-state index contributed by atoms with van der Waals surface area (Å²) in [6.07, 6.45) is 16.0. The van der Waals surface area contributed by atoms with Gasteiger partial charge in [0, 0.05) is 6.08 Å². The summed E-state index contributed by atoms with van der Waals surface area (Å²) < 4.78 is 4.14. The predicted octanol–water partition coefficient (Wildman–Crippen LogP) is 4.88. The molecule has 2 heteroatoms. The molecule has 0 amide bonds. The van der Waals surface area contributed by atoms with Gasteiger partial charge in [0.2, 0.25) is 0 Å². The first kappa shape index (κ1) is 17.2. The van der Waals surface area contributed by atoms with Gasteiger partial charge in [0.25, 0.3) is 0 Å². The van der Waals surface area contributed by atoms with Crippen LogP contribution in [0.25, 0.3) is 0 Å². The zero-order valence-electron chi connectivity index (χ0n) is 12.2. The van der Waals surface area contributed by atoms with Gasteiger partial charge in [-0.25, -0.2) is 4.79 Å². The Labute approximate surface area is 113 Å². The molecule has 0 atom stereocenters. The Morgan fingerprint density at radius 3 is 2.17 bits per heavy atom. The number of unbranched alkanes of at least 4 members (excludes halogenated alkanes) is 1. The average molecular weight is 254 g/mol. The molecule has 18 heavy (non-hydrogen) atoms. The average Bonchev–Trinajstić information content (AvgIpc) is 2.37. The van der Waals surface area contributed by atoms with Gasteiger partial charge in [0.1, 0.15) is 0 Å². The lowest BCUT2D eigenvalue weighted by atomic mass is 9.88. The van der Waals surface area contributed by atoms with Crippen LogP contribution in [0.15, 0.2) is 12.7 Å². The van der Waals surface area contributed by atoms with E-state index in [1.54, 1.807) is 0 Å².